The molecule has 1 aromatic rings. The van der Waals surface area contributed by atoms with E-state index < -0.39 is 35.0 Å². The molecule has 1 saturated heterocycles. The normalized spacial score (nSPS) is 31.2. The van der Waals surface area contributed by atoms with Gasteiger partial charge >= 0.3 is 11.7 Å². The van der Waals surface area contributed by atoms with Gasteiger partial charge < -0.3 is 15.2 Å². The van der Waals surface area contributed by atoms with Gasteiger partial charge in [0.15, 0.2) is 11.6 Å². The summed E-state index contributed by atoms with van der Waals surface area (Å²) >= 11 is 1.23. The molecule has 9 heteroatoms. The standard InChI is InChI=1S/C18H26FN3O4S/c1-9(2)11-5-4-10(3)6-13(11)25-16(23)17-26-14(8-27-17)22-7-12(19)15(20)21-18(22)24/h7,9-11,13-14,17H,4-6,8H2,1-3H3,(H2,20,21,24)/t10-,11-,13-,14-,17-/m1/s1. The van der Waals surface area contributed by atoms with E-state index in [0.29, 0.717) is 23.5 Å². The van der Waals surface area contributed by atoms with E-state index in [1.807, 2.05) is 0 Å². The zero-order chi connectivity index (χ0) is 19.7. The van der Waals surface area contributed by atoms with Crippen LogP contribution in [0.4, 0.5) is 10.2 Å². The van der Waals surface area contributed by atoms with Crippen LogP contribution in [0.25, 0.3) is 0 Å². The van der Waals surface area contributed by atoms with Crippen LogP contribution in [0.1, 0.15) is 46.3 Å². The van der Waals surface area contributed by atoms with E-state index in [2.05, 4.69) is 25.8 Å². The van der Waals surface area contributed by atoms with Gasteiger partial charge in [0.2, 0.25) is 5.44 Å². The molecule has 27 heavy (non-hydrogen) atoms. The Kier molecular flexibility index (Phi) is 6.10. The zero-order valence-electron chi connectivity index (χ0n) is 15.8. The van der Waals surface area contributed by atoms with Crippen molar-refractivity contribution in [3.05, 3.63) is 22.5 Å². The van der Waals surface area contributed by atoms with Crippen LogP contribution < -0.4 is 11.4 Å². The molecule has 1 aliphatic heterocycles. The first-order valence-corrected chi connectivity index (χ1v) is 10.3. The van der Waals surface area contributed by atoms with Crippen molar-refractivity contribution >= 4 is 23.5 Å². The Balaban J connectivity index is 1.65. The summed E-state index contributed by atoms with van der Waals surface area (Å²) in [5.41, 5.74) is 3.74. The number of esters is 1. The number of hydrogen-bond acceptors (Lipinski definition) is 7. The fourth-order valence-corrected chi connectivity index (χ4v) is 4.76. The maximum atomic E-state index is 13.6. The summed E-state index contributed by atoms with van der Waals surface area (Å²) in [4.78, 5) is 28.0. The number of nitrogens with two attached hydrogens (primary N) is 1. The van der Waals surface area contributed by atoms with Crippen LogP contribution in [0, 0.1) is 23.6 Å². The quantitative estimate of drug-likeness (QED) is 0.777. The molecule has 2 N–H and O–H groups in total. The first-order valence-electron chi connectivity index (χ1n) is 9.28. The SMILES string of the molecule is CC(C)[C@H]1CC[C@@H](C)C[C@H]1OC(=O)[C@@H]1O[C@@H](n2cc(F)c(N)nc2=O)CS1. The summed E-state index contributed by atoms with van der Waals surface area (Å²) in [6, 6.07) is 0. The highest BCUT2D eigenvalue weighted by atomic mass is 32.2. The maximum Gasteiger partial charge on any atom is 0.351 e. The lowest BCUT2D eigenvalue weighted by atomic mass is 9.75. The van der Waals surface area contributed by atoms with Crippen molar-refractivity contribution in [1.82, 2.24) is 9.55 Å². The predicted molar refractivity (Wildman–Crippen MR) is 100 cm³/mol. The van der Waals surface area contributed by atoms with Crippen LogP contribution in [0.15, 0.2) is 11.0 Å². The van der Waals surface area contributed by atoms with Gasteiger partial charge in [0.05, 0.1) is 6.20 Å². The highest BCUT2D eigenvalue weighted by Gasteiger charge is 2.39. The highest BCUT2D eigenvalue weighted by Crippen LogP contribution is 2.37. The van der Waals surface area contributed by atoms with E-state index >= 15 is 0 Å². The molecule has 1 aliphatic carbocycles. The van der Waals surface area contributed by atoms with Crippen LogP contribution in [-0.4, -0.2) is 32.8 Å². The number of thioether (sulfide) groups is 1. The van der Waals surface area contributed by atoms with Gasteiger partial charge in [-0.3, -0.25) is 4.57 Å². The number of carbonyl (C=O) groups excluding carboxylic acids is 1. The predicted octanol–water partition coefficient (Wildman–Crippen LogP) is 2.56. The number of rotatable bonds is 4. The van der Waals surface area contributed by atoms with Gasteiger partial charge in [-0.25, -0.2) is 14.0 Å². The van der Waals surface area contributed by atoms with E-state index in [9.17, 15) is 14.0 Å². The van der Waals surface area contributed by atoms with Crippen LogP contribution in [0.3, 0.4) is 0 Å². The highest BCUT2D eigenvalue weighted by molar-refractivity contribution is 8.00. The van der Waals surface area contributed by atoms with Gasteiger partial charge in [0, 0.05) is 5.75 Å². The topological polar surface area (TPSA) is 96.4 Å². The lowest BCUT2D eigenvalue weighted by Crippen LogP contribution is -2.38. The first kappa shape index (κ1) is 20.1. The third-order valence-electron chi connectivity index (χ3n) is 5.34. The van der Waals surface area contributed by atoms with E-state index in [4.69, 9.17) is 15.2 Å². The molecule has 3 rings (SSSR count). The molecule has 0 spiro atoms. The fraction of sp³-hybridized carbons (Fsp3) is 0.722. The second kappa shape index (κ2) is 8.18. The van der Waals surface area contributed by atoms with Crippen molar-refractivity contribution in [3.63, 3.8) is 0 Å². The summed E-state index contributed by atoms with van der Waals surface area (Å²) in [6.45, 7) is 6.46. The maximum absolute atomic E-state index is 13.6. The summed E-state index contributed by atoms with van der Waals surface area (Å²) < 4.78 is 26.1. The van der Waals surface area contributed by atoms with E-state index in [0.717, 1.165) is 30.0 Å². The molecule has 1 aromatic heterocycles. The Morgan fingerprint density at radius 3 is 2.93 bits per heavy atom. The van der Waals surface area contributed by atoms with Gasteiger partial charge in [0.25, 0.3) is 0 Å². The fourth-order valence-electron chi connectivity index (χ4n) is 3.78. The second-order valence-corrected chi connectivity index (χ2v) is 8.82. The Bertz CT molecular complexity index is 757. The summed E-state index contributed by atoms with van der Waals surface area (Å²) in [5, 5.41) is 0. The van der Waals surface area contributed by atoms with E-state index in [1.54, 1.807) is 0 Å². The molecule has 5 atom stereocenters. The van der Waals surface area contributed by atoms with Crippen LogP contribution >= 0.6 is 11.8 Å². The molecule has 0 unspecified atom stereocenters. The average molecular weight is 399 g/mol. The summed E-state index contributed by atoms with van der Waals surface area (Å²) in [6.07, 6.45) is 3.09. The minimum Gasteiger partial charge on any atom is -0.459 e. The zero-order valence-corrected chi connectivity index (χ0v) is 16.6. The van der Waals surface area contributed by atoms with Gasteiger partial charge in [-0.05, 0) is 30.6 Å². The molecule has 2 heterocycles. The molecule has 7 nitrogen and oxygen atoms in total. The molecule has 0 radical (unpaired) electrons. The lowest BCUT2D eigenvalue weighted by Gasteiger charge is -2.37. The van der Waals surface area contributed by atoms with Crippen molar-refractivity contribution in [2.75, 3.05) is 11.5 Å². The number of anilines is 1. The Morgan fingerprint density at radius 2 is 2.22 bits per heavy atom. The van der Waals surface area contributed by atoms with Gasteiger partial charge in [0.1, 0.15) is 12.3 Å². The van der Waals surface area contributed by atoms with Crippen molar-refractivity contribution in [1.29, 1.82) is 0 Å². The summed E-state index contributed by atoms with van der Waals surface area (Å²) in [5.74, 6) is -0.0872. The molecule has 1 saturated carbocycles. The number of nitrogens with zero attached hydrogens (tertiary/aromatic N) is 2. The third kappa shape index (κ3) is 4.45. The number of carbonyl (C=O) groups is 1. The molecule has 150 valence electrons. The molecule has 0 aromatic carbocycles. The van der Waals surface area contributed by atoms with Crippen molar-refractivity contribution in [3.8, 4) is 0 Å². The van der Waals surface area contributed by atoms with Gasteiger partial charge in [-0.2, -0.15) is 4.98 Å². The number of ether oxygens (including phenoxy) is 2. The molecular formula is C18H26FN3O4S. The molecule has 0 amide bonds. The van der Waals surface area contributed by atoms with E-state index in [-0.39, 0.29) is 6.10 Å². The third-order valence-corrected chi connectivity index (χ3v) is 6.42. The molecule has 0 bridgehead atoms. The number of hydrogen-bond donors (Lipinski definition) is 1. The Labute approximate surface area is 161 Å². The van der Waals surface area contributed by atoms with Crippen molar-refractivity contribution in [2.45, 2.75) is 57.8 Å². The van der Waals surface area contributed by atoms with Crippen molar-refractivity contribution < 1.29 is 18.7 Å². The Hall–Kier alpha value is -1.61. The molecule has 2 fully saturated rings. The van der Waals surface area contributed by atoms with E-state index in [1.165, 1.54) is 11.8 Å². The van der Waals surface area contributed by atoms with Crippen LogP contribution in [0.2, 0.25) is 0 Å². The largest absolute Gasteiger partial charge is 0.459 e. The lowest BCUT2D eigenvalue weighted by molar-refractivity contribution is -0.166. The number of aromatic nitrogens is 2. The first-order chi connectivity index (χ1) is 12.8. The number of nitrogen functional groups attached to an aromatic ring is 1. The van der Waals surface area contributed by atoms with Gasteiger partial charge in [-0.15, -0.1) is 11.8 Å². The smallest absolute Gasteiger partial charge is 0.351 e. The van der Waals surface area contributed by atoms with Crippen LogP contribution in [-0.2, 0) is 14.3 Å². The van der Waals surface area contributed by atoms with Gasteiger partial charge in [-0.1, -0.05) is 27.2 Å². The van der Waals surface area contributed by atoms with Crippen molar-refractivity contribution in [2.24, 2.45) is 17.8 Å². The summed E-state index contributed by atoms with van der Waals surface area (Å²) in [7, 11) is 0. The molecule has 2 aliphatic rings. The second-order valence-electron chi connectivity index (χ2n) is 7.72. The molecular weight excluding hydrogens is 373 g/mol. The minimum atomic E-state index is -0.840. The average Bonchev–Trinajstić information content (AvgIpc) is 3.08. The monoisotopic (exact) mass is 399 g/mol. The number of halogens is 1. The Morgan fingerprint density at radius 1 is 1.48 bits per heavy atom. The van der Waals surface area contributed by atoms with Crippen LogP contribution in [0.5, 0.6) is 0 Å². The minimum absolute atomic E-state index is 0.122.